The maximum absolute atomic E-state index is 12.6. The number of aromatic amines is 2. The van der Waals surface area contributed by atoms with E-state index in [1.54, 1.807) is 0 Å². The van der Waals surface area contributed by atoms with Crippen LogP contribution in [-0.2, 0) is 10.2 Å². The second kappa shape index (κ2) is 4.68. The Hall–Kier alpha value is -3.14. The number of amides is 1. The Labute approximate surface area is 138 Å². The van der Waals surface area contributed by atoms with Crippen molar-refractivity contribution in [2.24, 2.45) is 0 Å². The van der Waals surface area contributed by atoms with Crippen molar-refractivity contribution >= 4 is 22.6 Å². The normalized spacial score (nSPS) is 15.8. The van der Waals surface area contributed by atoms with Crippen LogP contribution in [0.5, 0.6) is 0 Å². The molecule has 0 spiro atoms. The molecule has 0 aliphatic carbocycles. The molecule has 7 nitrogen and oxygen atoms in total. The number of nitrogens with zero attached hydrogens (tertiary/aromatic N) is 4. The van der Waals surface area contributed by atoms with Crippen LogP contribution in [0.3, 0.4) is 0 Å². The summed E-state index contributed by atoms with van der Waals surface area (Å²) in [5.74, 6) is 0.615. The van der Waals surface area contributed by atoms with E-state index in [1.165, 1.54) is 4.90 Å². The van der Waals surface area contributed by atoms with Crippen LogP contribution in [0.25, 0.3) is 22.6 Å². The van der Waals surface area contributed by atoms with Crippen LogP contribution in [0.15, 0.2) is 18.2 Å². The number of carbonyl (C=O) groups excluding carboxylic acids is 1. The predicted octanol–water partition coefficient (Wildman–Crippen LogP) is 2.41. The van der Waals surface area contributed by atoms with Crippen molar-refractivity contribution in [1.29, 1.82) is 5.26 Å². The van der Waals surface area contributed by atoms with Crippen LogP contribution in [0.2, 0.25) is 0 Å². The van der Waals surface area contributed by atoms with Gasteiger partial charge in [0.05, 0.1) is 28.2 Å². The fourth-order valence-electron chi connectivity index (χ4n) is 3.22. The highest BCUT2D eigenvalue weighted by Gasteiger charge is 2.44. The molecule has 2 aromatic heterocycles. The van der Waals surface area contributed by atoms with Gasteiger partial charge in [-0.15, -0.1) is 0 Å². The Kier molecular flexibility index (Phi) is 2.82. The number of imidazole rings is 1. The van der Waals surface area contributed by atoms with E-state index in [4.69, 9.17) is 5.26 Å². The van der Waals surface area contributed by atoms with Gasteiger partial charge < -0.3 is 4.98 Å². The zero-order chi connectivity index (χ0) is 17.1. The lowest BCUT2D eigenvalue weighted by Gasteiger charge is -2.17. The van der Waals surface area contributed by atoms with E-state index in [0.29, 0.717) is 5.82 Å². The molecule has 0 fully saturated rings. The van der Waals surface area contributed by atoms with Gasteiger partial charge in [0.1, 0.15) is 12.2 Å². The molecule has 0 bridgehead atoms. The van der Waals surface area contributed by atoms with Gasteiger partial charge in [-0.05, 0) is 44.5 Å². The minimum Gasteiger partial charge on any atom is -0.337 e. The van der Waals surface area contributed by atoms with Gasteiger partial charge in [0, 0.05) is 5.69 Å². The number of benzene rings is 1. The lowest BCUT2D eigenvalue weighted by Crippen LogP contribution is -2.36. The quantitative estimate of drug-likeness (QED) is 0.708. The number of hydrogen-bond acceptors (Lipinski definition) is 4. The van der Waals surface area contributed by atoms with Crippen molar-refractivity contribution < 1.29 is 4.79 Å². The topological polar surface area (TPSA) is 101 Å². The smallest absolute Gasteiger partial charge is 0.238 e. The first kappa shape index (κ1) is 14.5. The highest BCUT2D eigenvalue weighted by molar-refractivity contribution is 6.09. The molecular weight excluding hydrogens is 304 g/mol. The Morgan fingerprint density at radius 2 is 2.12 bits per heavy atom. The maximum Gasteiger partial charge on any atom is 0.238 e. The van der Waals surface area contributed by atoms with E-state index in [2.05, 4.69) is 26.2 Å². The first-order valence-corrected chi connectivity index (χ1v) is 7.67. The van der Waals surface area contributed by atoms with E-state index in [0.717, 1.165) is 33.7 Å². The van der Waals surface area contributed by atoms with Crippen LogP contribution >= 0.6 is 0 Å². The number of fused-ring (bicyclic) bond motifs is 2. The Morgan fingerprint density at radius 3 is 2.79 bits per heavy atom. The first-order valence-electron chi connectivity index (χ1n) is 7.67. The molecule has 1 aliphatic heterocycles. The van der Waals surface area contributed by atoms with Crippen molar-refractivity contribution in [2.75, 3.05) is 11.4 Å². The third kappa shape index (κ3) is 1.86. The monoisotopic (exact) mass is 320 g/mol. The third-order valence-corrected chi connectivity index (χ3v) is 4.52. The summed E-state index contributed by atoms with van der Waals surface area (Å²) in [6, 6.07) is 7.80. The minimum absolute atomic E-state index is 0.0383. The molecule has 3 aromatic rings. The zero-order valence-electron chi connectivity index (χ0n) is 13.6. The number of aryl methyl sites for hydroxylation is 1. The largest absolute Gasteiger partial charge is 0.337 e. The van der Waals surface area contributed by atoms with Gasteiger partial charge in [0.15, 0.2) is 5.82 Å². The Bertz CT molecular complexity index is 1020. The summed E-state index contributed by atoms with van der Waals surface area (Å²) in [6.07, 6.45) is 0. The highest BCUT2D eigenvalue weighted by Crippen LogP contribution is 2.43. The number of nitrogens with one attached hydrogen (secondary N) is 2. The van der Waals surface area contributed by atoms with Gasteiger partial charge in [-0.1, -0.05) is 0 Å². The summed E-state index contributed by atoms with van der Waals surface area (Å²) in [6.45, 7) is 5.73. The van der Waals surface area contributed by atoms with Crippen molar-refractivity contribution in [3.8, 4) is 17.6 Å². The molecule has 3 heterocycles. The van der Waals surface area contributed by atoms with Gasteiger partial charge in [-0.25, -0.2) is 4.98 Å². The summed E-state index contributed by atoms with van der Waals surface area (Å²) in [5, 5.41) is 16.2. The van der Waals surface area contributed by atoms with Crippen LogP contribution in [0, 0.1) is 18.3 Å². The van der Waals surface area contributed by atoms with Gasteiger partial charge in [0.2, 0.25) is 5.91 Å². The van der Waals surface area contributed by atoms with Gasteiger partial charge >= 0.3 is 0 Å². The summed E-state index contributed by atoms with van der Waals surface area (Å²) in [7, 11) is 0. The minimum atomic E-state index is -0.658. The molecule has 0 saturated heterocycles. The molecule has 1 aromatic carbocycles. The fraction of sp³-hybridized carbons (Fsp3) is 0.294. The van der Waals surface area contributed by atoms with Gasteiger partial charge in [0.25, 0.3) is 0 Å². The first-order chi connectivity index (χ1) is 11.4. The molecular formula is C17H16N6O. The van der Waals surface area contributed by atoms with Crippen LogP contribution in [-0.4, -0.2) is 32.6 Å². The van der Waals surface area contributed by atoms with Gasteiger partial charge in [-0.3, -0.25) is 14.8 Å². The van der Waals surface area contributed by atoms with Crippen molar-refractivity contribution in [3.05, 3.63) is 29.5 Å². The Balaban J connectivity index is 1.90. The van der Waals surface area contributed by atoms with E-state index in [9.17, 15) is 4.79 Å². The number of hydrogen-bond donors (Lipinski definition) is 2. The number of nitriles is 1. The number of carbonyl (C=O) groups is 1. The van der Waals surface area contributed by atoms with E-state index < -0.39 is 5.41 Å². The van der Waals surface area contributed by atoms with Crippen LogP contribution in [0.4, 0.5) is 5.69 Å². The second-order valence-electron chi connectivity index (χ2n) is 6.58. The lowest BCUT2D eigenvalue weighted by molar-refractivity contribution is -0.121. The number of H-pyrrole nitrogens is 2. The van der Waals surface area contributed by atoms with Crippen LogP contribution in [0.1, 0.15) is 25.1 Å². The Morgan fingerprint density at radius 1 is 1.33 bits per heavy atom. The van der Waals surface area contributed by atoms with Crippen molar-refractivity contribution in [1.82, 2.24) is 20.2 Å². The molecule has 4 rings (SSSR count). The molecule has 0 radical (unpaired) electrons. The lowest BCUT2D eigenvalue weighted by atomic mass is 9.86. The molecule has 120 valence electrons. The third-order valence-electron chi connectivity index (χ3n) is 4.52. The van der Waals surface area contributed by atoms with Crippen LogP contribution < -0.4 is 4.90 Å². The van der Waals surface area contributed by atoms with E-state index in [-0.39, 0.29) is 12.5 Å². The average Bonchev–Trinajstić information content (AvgIpc) is 3.19. The summed E-state index contributed by atoms with van der Waals surface area (Å²) in [5.41, 5.74) is 4.31. The zero-order valence-corrected chi connectivity index (χ0v) is 13.6. The second-order valence-corrected chi connectivity index (χ2v) is 6.58. The summed E-state index contributed by atoms with van der Waals surface area (Å²) in [4.78, 5) is 22.0. The summed E-state index contributed by atoms with van der Waals surface area (Å²) >= 11 is 0. The number of anilines is 1. The molecule has 0 saturated carbocycles. The summed E-state index contributed by atoms with van der Waals surface area (Å²) < 4.78 is 0. The van der Waals surface area contributed by atoms with Crippen molar-refractivity contribution in [2.45, 2.75) is 26.2 Å². The van der Waals surface area contributed by atoms with E-state index >= 15 is 0 Å². The van der Waals surface area contributed by atoms with E-state index in [1.807, 2.05) is 39.0 Å². The maximum atomic E-state index is 12.6. The molecule has 7 heteroatoms. The molecule has 0 unspecified atom stereocenters. The number of aromatic nitrogens is 4. The molecule has 1 aliphatic rings. The number of rotatable bonds is 2. The SMILES string of the molecule is Cc1cc(-c2nc3cc4c(cc3[nH]2)C(C)(C)C(=O)N4CC#N)n[nH]1. The average molecular weight is 320 g/mol. The highest BCUT2D eigenvalue weighted by atomic mass is 16.2. The standard InChI is InChI=1S/C17H16N6O/c1-9-6-13(22-21-9)15-19-11-7-10-14(8-12(11)20-15)23(5-4-18)16(24)17(10,2)3/h6-8H,5H2,1-3H3,(H,19,20)(H,21,22). The van der Waals surface area contributed by atoms with Crippen molar-refractivity contribution in [3.63, 3.8) is 0 Å². The molecule has 0 atom stereocenters. The van der Waals surface area contributed by atoms with Gasteiger partial charge in [-0.2, -0.15) is 10.4 Å². The fourth-order valence-corrected chi connectivity index (χ4v) is 3.22. The molecule has 2 N–H and O–H groups in total. The molecule has 24 heavy (non-hydrogen) atoms. The predicted molar refractivity (Wildman–Crippen MR) is 89.4 cm³/mol. The molecule has 1 amide bonds.